The number of hydrogen-bond acceptors (Lipinski definition) is 14. The van der Waals surface area contributed by atoms with Gasteiger partial charge in [-0.05, 0) is 18.2 Å². The van der Waals surface area contributed by atoms with Crippen molar-refractivity contribution >= 4 is 30.0 Å². The van der Waals surface area contributed by atoms with E-state index in [9.17, 15) is 34.5 Å². The third-order valence-corrected chi connectivity index (χ3v) is 3.66. The third-order valence-electron chi connectivity index (χ3n) is 3.66. The van der Waals surface area contributed by atoms with E-state index in [2.05, 4.69) is 4.74 Å². The molecule has 3 unspecified atom stereocenters. The fourth-order valence-corrected chi connectivity index (χ4v) is 1.94. The van der Waals surface area contributed by atoms with E-state index in [4.69, 9.17) is 29.5 Å². The Morgan fingerprint density at radius 2 is 1.24 bits per heavy atom. The van der Waals surface area contributed by atoms with Gasteiger partial charge in [0.15, 0.2) is 29.8 Å². The van der Waals surface area contributed by atoms with Gasteiger partial charge in [0, 0.05) is 11.6 Å². The third kappa shape index (κ3) is 7.90. The lowest BCUT2D eigenvalue weighted by Gasteiger charge is -2.18. The minimum atomic E-state index is -2.07. The maximum absolute atomic E-state index is 12.0. The van der Waals surface area contributed by atoms with Crippen LogP contribution in [0, 0.1) is 0 Å². The van der Waals surface area contributed by atoms with Crippen LogP contribution >= 0.6 is 0 Å². The number of esters is 4. The van der Waals surface area contributed by atoms with Crippen LogP contribution in [0.4, 0.5) is 0 Å². The van der Waals surface area contributed by atoms with Gasteiger partial charge in [0.2, 0.25) is 5.75 Å². The molecule has 14 nitrogen and oxygen atoms in total. The molecule has 0 spiro atoms. The standard InChI is InChI=1S/C19H22O14/c1-30-14(26)5-3-9-2-4-13(31-17(27)10(23)6-20)16(33-19(29)12(25)8-22)15(9)32-18(28)11(24)7-21/h2-5,10-12,20-25H,6-8H2,1H3. The van der Waals surface area contributed by atoms with Crippen molar-refractivity contribution < 1.29 is 68.8 Å². The van der Waals surface area contributed by atoms with E-state index in [-0.39, 0.29) is 5.56 Å². The fraction of sp³-hybridized carbons (Fsp3) is 0.368. The number of hydrogen-bond donors (Lipinski definition) is 6. The summed E-state index contributed by atoms with van der Waals surface area (Å²) in [4.78, 5) is 47.4. The van der Waals surface area contributed by atoms with Crippen LogP contribution in [0.2, 0.25) is 0 Å². The van der Waals surface area contributed by atoms with E-state index in [0.717, 1.165) is 31.4 Å². The van der Waals surface area contributed by atoms with Gasteiger partial charge in [0.1, 0.15) is 0 Å². The Morgan fingerprint density at radius 3 is 1.70 bits per heavy atom. The van der Waals surface area contributed by atoms with Crippen LogP contribution in [0.5, 0.6) is 17.2 Å². The van der Waals surface area contributed by atoms with Crippen molar-refractivity contribution in [3.63, 3.8) is 0 Å². The molecule has 0 bridgehead atoms. The van der Waals surface area contributed by atoms with Gasteiger partial charge in [-0.3, -0.25) is 0 Å². The molecule has 6 N–H and O–H groups in total. The van der Waals surface area contributed by atoms with Crippen molar-refractivity contribution in [2.75, 3.05) is 26.9 Å². The van der Waals surface area contributed by atoms with Gasteiger partial charge in [-0.2, -0.15) is 0 Å². The Labute approximate surface area is 185 Å². The number of methoxy groups -OCH3 is 1. The summed E-state index contributed by atoms with van der Waals surface area (Å²) in [6.07, 6.45) is -4.23. The summed E-state index contributed by atoms with van der Waals surface area (Å²) < 4.78 is 19.1. The molecule has 1 rings (SSSR count). The molecule has 182 valence electrons. The zero-order chi connectivity index (χ0) is 25.1. The molecule has 0 amide bonds. The molecular formula is C19H22O14. The molecule has 1 aromatic rings. The number of aliphatic hydroxyl groups is 6. The summed E-state index contributed by atoms with van der Waals surface area (Å²) >= 11 is 0. The SMILES string of the molecule is COC(=O)C=Cc1ccc(OC(=O)C(O)CO)c(OC(=O)C(O)CO)c1OC(=O)C(O)CO. The highest BCUT2D eigenvalue weighted by Crippen LogP contribution is 2.42. The number of carbonyl (C=O) groups is 4. The number of carbonyl (C=O) groups excluding carboxylic acids is 4. The Balaban J connectivity index is 3.67. The van der Waals surface area contributed by atoms with E-state index < -0.39 is 79.3 Å². The van der Waals surface area contributed by atoms with E-state index in [1.165, 1.54) is 0 Å². The molecule has 0 aliphatic heterocycles. The molecule has 0 aromatic heterocycles. The monoisotopic (exact) mass is 474 g/mol. The second kappa shape index (κ2) is 13.2. The lowest BCUT2D eigenvalue weighted by molar-refractivity contribution is -0.149. The van der Waals surface area contributed by atoms with Crippen molar-refractivity contribution in [1.29, 1.82) is 0 Å². The molecular weight excluding hydrogens is 452 g/mol. The zero-order valence-corrected chi connectivity index (χ0v) is 17.1. The van der Waals surface area contributed by atoms with Crippen molar-refractivity contribution in [1.82, 2.24) is 0 Å². The van der Waals surface area contributed by atoms with Gasteiger partial charge < -0.3 is 49.6 Å². The van der Waals surface area contributed by atoms with Crippen molar-refractivity contribution in [2.24, 2.45) is 0 Å². The molecule has 33 heavy (non-hydrogen) atoms. The molecule has 0 fully saturated rings. The summed E-state index contributed by atoms with van der Waals surface area (Å²) in [6, 6.07) is 2.08. The van der Waals surface area contributed by atoms with E-state index in [1.807, 2.05) is 0 Å². The lowest BCUT2D eigenvalue weighted by atomic mass is 10.1. The van der Waals surface area contributed by atoms with Crippen LogP contribution in [-0.2, 0) is 23.9 Å². The van der Waals surface area contributed by atoms with Crippen LogP contribution in [0.15, 0.2) is 18.2 Å². The average molecular weight is 474 g/mol. The summed E-state index contributed by atoms with van der Waals surface area (Å²) in [5, 5.41) is 55.2. The Kier molecular flexibility index (Phi) is 11.1. The minimum absolute atomic E-state index is 0.178. The minimum Gasteiger partial charge on any atom is -0.466 e. The van der Waals surface area contributed by atoms with Crippen LogP contribution in [0.1, 0.15) is 5.56 Å². The fourth-order valence-electron chi connectivity index (χ4n) is 1.94. The van der Waals surface area contributed by atoms with E-state index in [1.54, 1.807) is 0 Å². The Morgan fingerprint density at radius 1 is 0.788 bits per heavy atom. The van der Waals surface area contributed by atoms with Crippen molar-refractivity contribution in [2.45, 2.75) is 18.3 Å². The molecule has 14 heteroatoms. The molecule has 0 heterocycles. The highest BCUT2D eigenvalue weighted by atomic mass is 16.6. The molecule has 1 aromatic carbocycles. The number of benzene rings is 1. The van der Waals surface area contributed by atoms with E-state index in [0.29, 0.717) is 0 Å². The van der Waals surface area contributed by atoms with Crippen LogP contribution in [-0.4, -0.2) is 99.8 Å². The average Bonchev–Trinajstić information content (AvgIpc) is 2.82. The van der Waals surface area contributed by atoms with Gasteiger partial charge in [-0.15, -0.1) is 0 Å². The van der Waals surface area contributed by atoms with Gasteiger partial charge in [-0.1, -0.05) is 0 Å². The van der Waals surface area contributed by atoms with Crippen LogP contribution < -0.4 is 14.2 Å². The highest BCUT2D eigenvalue weighted by molar-refractivity contribution is 5.90. The van der Waals surface area contributed by atoms with Gasteiger partial charge in [0.05, 0.1) is 26.9 Å². The molecule has 0 aliphatic rings. The second-order valence-electron chi connectivity index (χ2n) is 6.03. The topological polar surface area (TPSA) is 227 Å². The first-order valence-corrected chi connectivity index (χ1v) is 9.04. The molecule has 0 aliphatic carbocycles. The normalized spacial score (nSPS) is 13.7. The quantitative estimate of drug-likeness (QED) is 0.105. The molecule has 0 saturated carbocycles. The van der Waals surface area contributed by atoms with Gasteiger partial charge >= 0.3 is 23.9 Å². The maximum atomic E-state index is 12.0. The summed E-state index contributed by atoms with van der Waals surface area (Å²) in [7, 11) is 1.07. The zero-order valence-electron chi connectivity index (χ0n) is 17.1. The van der Waals surface area contributed by atoms with Crippen LogP contribution in [0.3, 0.4) is 0 Å². The largest absolute Gasteiger partial charge is 0.466 e. The first kappa shape index (κ1) is 27.6. The predicted molar refractivity (Wildman–Crippen MR) is 104 cm³/mol. The first-order chi connectivity index (χ1) is 15.6. The lowest BCUT2D eigenvalue weighted by Crippen LogP contribution is -2.32. The summed E-state index contributed by atoms with van der Waals surface area (Å²) in [5.74, 6) is -7.45. The number of ether oxygens (including phenoxy) is 4. The highest BCUT2D eigenvalue weighted by Gasteiger charge is 2.29. The molecule has 3 atom stereocenters. The number of aliphatic hydroxyl groups excluding tert-OH is 6. The Bertz CT molecular complexity index is 893. The number of rotatable bonds is 11. The molecule has 0 saturated heterocycles. The van der Waals surface area contributed by atoms with Gasteiger partial charge in [0.25, 0.3) is 0 Å². The maximum Gasteiger partial charge on any atom is 0.343 e. The summed E-state index contributed by atoms with van der Waals surface area (Å²) in [6.45, 7) is -3.15. The molecule has 0 radical (unpaired) electrons. The van der Waals surface area contributed by atoms with Crippen molar-refractivity contribution in [3.8, 4) is 17.2 Å². The predicted octanol–water partition coefficient (Wildman–Crippen LogP) is -3.35. The van der Waals surface area contributed by atoms with Gasteiger partial charge in [-0.25, -0.2) is 19.2 Å². The van der Waals surface area contributed by atoms with Crippen molar-refractivity contribution in [3.05, 3.63) is 23.8 Å². The van der Waals surface area contributed by atoms with Crippen LogP contribution in [0.25, 0.3) is 6.08 Å². The first-order valence-electron chi connectivity index (χ1n) is 9.04. The second-order valence-corrected chi connectivity index (χ2v) is 6.03. The van der Waals surface area contributed by atoms with E-state index >= 15 is 0 Å². The smallest absolute Gasteiger partial charge is 0.343 e. The Hall–Kier alpha value is -3.40. The summed E-state index contributed by atoms with van der Waals surface area (Å²) in [5.41, 5.74) is -0.178.